The number of halogens is 1. The number of carboxylic acid groups (broad SMARTS) is 1. The third-order valence-corrected chi connectivity index (χ3v) is 8.56. The highest BCUT2D eigenvalue weighted by atomic mass is 19.1. The summed E-state index contributed by atoms with van der Waals surface area (Å²) in [7, 11) is 0. The maximum absolute atomic E-state index is 14.5. The van der Waals surface area contributed by atoms with Gasteiger partial charge in [-0.05, 0) is 69.0 Å². The molecule has 3 fully saturated rings. The molecule has 0 bridgehead atoms. The molecule has 2 atom stereocenters. The quantitative estimate of drug-likeness (QED) is 0.507. The van der Waals surface area contributed by atoms with Crippen LogP contribution in [0.15, 0.2) is 48.5 Å². The van der Waals surface area contributed by atoms with Crippen molar-refractivity contribution in [2.75, 3.05) is 32.8 Å². The summed E-state index contributed by atoms with van der Waals surface area (Å²) in [5, 5.41) is 22.5. The summed E-state index contributed by atoms with van der Waals surface area (Å²) < 4.78 is 20.5. The average molecular weight is 492 g/mol. The Morgan fingerprint density at radius 1 is 1.17 bits per heavy atom. The van der Waals surface area contributed by atoms with Gasteiger partial charge in [-0.1, -0.05) is 36.8 Å². The first kappa shape index (κ1) is 24.7. The predicted molar refractivity (Wildman–Crippen MR) is 134 cm³/mol. The SMILES string of the molecule is N#Cc1ccc(OCC2(CNC3CC3c3ccccc3)CCN(CC3(C(=O)O)CCC3)CC2)c(F)c1. The van der Waals surface area contributed by atoms with Crippen molar-refractivity contribution >= 4 is 5.97 Å². The van der Waals surface area contributed by atoms with Crippen LogP contribution in [-0.4, -0.2) is 54.8 Å². The van der Waals surface area contributed by atoms with Crippen molar-refractivity contribution in [2.45, 2.75) is 50.5 Å². The van der Waals surface area contributed by atoms with Crippen LogP contribution in [0, 0.1) is 28.0 Å². The number of carboxylic acids is 1. The smallest absolute Gasteiger partial charge is 0.310 e. The molecule has 2 aromatic carbocycles. The van der Waals surface area contributed by atoms with Gasteiger partial charge in [0.1, 0.15) is 0 Å². The molecule has 1 aliphatic heterocycles. The van der Waals surface area contributed by atoms with Gasteiger partial charge in [-0.25, -0.2) is 4.39 Å². The molecule has 2 saturated carbocycles. The molecule has 190 valence electrons. The van der Waals surface area contributed by atoms with E-state index < -0.39 is 17.2 Å². The van der Waals surface area contributed by atoms with E-state index in [2.05, 4.69) is 34.5 Å². The van der Waals surface area contributed by atoms with Crippen LogP contribution in [0.25, 0.3) is 0 Å². The van der Waals surface area contributed by atoms with Crippen LogP contribution in [-0.2, 0) is 4.79 Å². The number of carbonyl (C=O) groups is 1. The summed E-state index contributed by atoms with van der Waals surface area (Å²) in [4.78, 5) is 14.2. The largest absolute Gasteiger partial charge is 0.490 e. The maximum Gasteiger partial charge on any atom is 0.310 e. The number of nitrogens with one attached hydrogen (secondary N) is 1. The van der Waals surface area contributed by atoms with Crippen LogP contribution in [0.1, 0.15) is 55.6 Å². The van der Waals surface area contributed by atoms with Crippen LogP contribution in [0.3, 0.4) is 0 Å². The van der Waals surface area contributed by atoms with Gasteiger partial charge in [0.25, 0.3) is 0 Å². The van der Waals surface area contributed by atoms with Crippen molar-refractivity contribution in [3.05, 3.63) is 65.5 Å². The molecule has 2 aromatic rings. The average Bonchev–Trinajstić information content (AvgIpc) is 3.65. The Bertz CT molecular complexity index is 1120. The van der Waals surface area contributed by atoms with E-state index in [-0.39, 0.29) is 16.7 Å². The molecule has 0 radical (unpaired) electrons. The molecule has 6 nitrogen and oxygen atoms in total. The molecule has 7 heteroatoms. The zero-order valence-corrected chi connectivity index (χ0v) is 20.6. The first-order valence-electron chi connectivity index (χ1n) is 13.0. The Balaban J connectivity index is 1.23. The Hall–Kier alpha value is -2.95. The molecule has 36 heavy (non-hydrogen) atoms. The minimum Gasteiger partial charge on any atom is -0.490 e. The van der Waals surface area contributed by atoms with Gasteiger partial charge in [-0.15, -0.1) is 0 Å². The molecular weight excluding hydrogens is 457 g/mol. The van der Waals surface area contributed by atoms with E-state index in [0.29, 0.717) is 25.1 Å². The molecule has 2 unspecified atom stereocenters. The Morgan fingerprint density at radius 3 is 2.53 bits per heavy atom. The van der Waals surface area contributed by atoms with Crippen molar-refractivity contribution in [1.29, 1.82) is 5.26 Å². The Labute approximate surface area is 212 Å². The molecule has 0 aromatic heterocycles. The number of piperidine rings is 1. The van der Waals surface area contributed by atoms with E-state index in [9.17, 15) is 14.3 Å². The fourth-order valence-electron chi connectivity index (χ4n) is 5.78. The van der Waals surface area contributed by atoms with Crippen LogP contribution in [0.4, 0.5) is 4.39 Å². The minimum absolute atomic E-state index is 0.170. The number of nitriles is 1. The molecular formula is C29H34FN3O3. The summed E-state index contributed by atoms with van der Waals surface area (Å²) in [6.07, 6.45) is 5.33. The normalized spacial score (nSPS) is 24.3. The predicted octanol–water partition coefficient (Wildman–Crippen LogP) is 4.56. The number of aliphatic carboxylic acids is 1. The second-order valence-corrected chi connectivity index (χ2v) is 11.0. The summed E-state index contributed by atoms with van der Waals surface area (Å²) in [5.74, 6) is -0.500. The molecule has 0 spiro atoms. The lowest BCUT2D eigenvalue weighted by Crippen LogP contribution is -2.53. The maximum atomic E-state index is 14.5. The van der Waals surface area contributed by atoms with Crippen molar-refractivity contribution in [2.24, 2.45) is 10.8 Å². The first-order valence-corrected chi connectivity index (χ1v) is 13.0. The standard InChI is InChI=1S/C29H34FN3O3/c30-24-15-21(17-31)7-8-26(24)36-20-28(18-32-25-16-23(25)22-5-2-1-3-6-22)11-13-33(14-12-28)19-29(27(34)35)9-4-10-29/h1-3,5-8,15,23,25,32H,4,9-14,16,18-20H2,(H,34,35). The summed E-state index contributed by atoms with van der Waals surface area (Å²) in [6, 6.07) is 17.2. The number of likely N-dealkylation sites (tertiary alicyclic amines) is 1. The van der Waals surface area contributed by atoms with E-state index in [1.54, 1.807) is 6.07 Å². The lowest BCUT2D eigenvalue weighted by molar-refractivity contribution is -0.156. The van der Waals surface area contributed by atoms with Gasteiger partial charge in [0.15, 0.2) is 11.6 Å². The van der Waals surface area contributed by atoms with Gasteiger partial charge in [0.05, 0.1) is 23.7 Å². The highest BCUT2D eigenvalue weighted by molar-refractivity contribution is 5.76. The van der Waals surface area contributed by atoms with Crippen LogP contribution >= 0.6 is 0 Å². The molecule has 0 amide bonds. The van der Waals surface area contributed by atoms with Crippen molar-refractivity contribution in [1.82, 2.24) is 10.2 Å². The second kappa shape index (κ2) is 10.2. The van der Waals surface area contributed by atoms with Gasteiger partial charge in [-0.3, -0.25) is 4.79 Å². The third kappa shape index (κ3) is 5.25. The molecule has 1 heterocycles. The van der Waals surface area contributed by atoms with E-state index in [4.69, 9.17) is 10.00 Å². The van der Waals surface area contributed by atoms with Crippen molar-refractivity contribution in [3.8, 4) is 11.8 Å². The zero-order valence-electron chi connectivity index (χ0n) is 20.6. The summed E-state index contributed by atoms with van der Waals surface area (Å²) in [5.41, 5.74) is 0.872. The molecule has 1 saturated heterocycles. The van der Waals surface area contributed by atoms with E-state index in [1.165, 1.54) is 17.7 Å². The van der Waals surface area contributed by atoms with Gasteiger partial charge < -0.3 is 20.1 Å². The molecule has 2 N–H and O–H groups in total. The number of hydrogen-bond donors (Lipinski definition) is 2. The second-order valence-electron chi connectivity index (χ2n) is 11.0. The number of rotatable bonds is 10. The van der Waals surface area contributed by atoms with Gasteiger partial charge in [-0.2, -0.15) is 5.26 Å². The van der Waals surface area contributed by atoms with Crippen LogP contribution in [0.5, 0.6) is 5.75 Å². The molecule has 3 aliphatic rings. The number of ether oxygens (including phenoxy) is 1. The first-order chi connectivity index (χ1) is 17.4. The number of nitrogens with zero attached hydrogens (tertiary/aromatic N) is 2. The van der Waals surface area contributed by atoms with Gasteiger partial charge in [0, 0.05) is 30.5 Å². The van der Waals surface area contributed by atoms with Crippen LogP contribution < -0.4 is 10.1 Å². The summed E-state index contributed by atoms with van der Waals surface area (Å²) in [6.45, 7) is 3.38. The Morgan fingerprint density at radius 2 is 1.92 bits per heavy atom. The van der Waals surface area contributed by atoms with E-state index in [1.807, 2.05) is 12.1 Å². The van der Waals surface area contributed by atoms with E-state index in [0.717, 1.165) is 58.2 Å². The van der Waals surface area contributed by atoms with E-state index >= 15 is 0 Å². The Kier molecular flexibility index (Phi) is 7.00. The highest BCUT2D eigenvalue weighted by Gasteiger charge is 2.47. The zero-order chi connectivity index (χ0) is 25.2. The van der Waals surface area contributed by atoms with Gasteiger partial charge in [0.2, 0.25) is 0 Å². The number of benzene rings is 2. The third-order valence-electron chi connectivity index (χ3n) is 8.56. The van der Waals surface area contributed by atoms with Gasteiger partial charge >= 0.3 is 5.97 Å². The fraction of sp³-hybridized carbons (Fsp3) is 0.517. The monoisotopic (exact) mass is 491 g/mol. The van der Waals surface area contributed by atoms with Crippen molar-refractivity contribution in [3.63, 3.8) is 0 Å². The lowest BCUT2D eigenvalue weighted by atomic mass is 9.68. The van der Waals surface area contributed by atoms with Crippen LogP contribution in [0.2, 0.25) is 0 Å². The van der Waals surface area contributed by atoms with Crippen molar-refractivity contribution < 1.29 is 19.0 Å². The topological polar surface area (TPSA) is 85.6 Å². The highest BCUT2D eigenvalue weighted by Crippen LogP contribution is 2.44. The number of hydrogen-bond acceptors (Lipinski definition) is 5. The molecule has 2 aliphatic carbocycles. The fourth-order valence-corrected chi connectivity index (χ4v) is 5.78. The lowest BCUT2D eigenvalue weighted by Gasteiger charge is -2.46. The summed E-state index contributed by atoms with van der Waals surface area (Å²) >= 11 is 0. The minimum atomic E-state index is -0.674. The molecule has 5 rings (SSSR count).